The highest BCUT2D eigenvalue weighted by Crippen LogP contribution is 2.48. The van der Waals surface area contributed by atoms with Gasteiger partial charge in [0.15, 0.2) is 5.75 Å². The number of rotatable bonds is 2. The SMILES string of the molecule is CC(N)C(=O)Oc1c(Cl)c(Cl)c(Cl)c(Cl)c1Cl. The molecule has 0 fully saturated rings. The van der Waals surface area contributed by atoms with E-state index >= 15 is 0 Å². The first-order valence-corrected chi connectivity index (χ1v) is 6.15. The van der Waals surface area contributed by atoms with Gasteiger partial charge in [-0.3, -0.25) is 0 Å². The first-order chi connectivity index (χ1) is 7.77. The third kappa shape index (κ3) is 3.11. The molecular formula is C9H6Cl5NO2. The number of carbonyl (C=O) groups excluding carboxylic acids is 1. The number of hydrogen-bond donors (Lipinski definition) is 1. The van der Waals surface area contributed by atoms with E-state index < -0.39 is 12.0 Å². The molecule has 1 rings (SSSR count). The Labute approximate surface area is 123 Å². The molecule has 0 aromatic heterocycles. The zero-order valence-corrected chi connectivity index (χ0v) is 12.1. The van der Waals surface area contributed by atoms with Crippen molar-refractivity contribution >= 4 is 64.0 Å². The highest BCUT2D eigenvalue weighted by Gasteiger charge is 2.23. The summed E-state index contributed by atoms with van der Waals surface area (Å²) in [5.41, 5.74) is 5.34. The average Bonchev–Trinajstić information content (AvgIpc) is 2.29. The van der Waals surface area contributed by atoms with Crippen molar-refractivity contribution in [2.75, 3.05) is 0 Å². The molecule has 17 heavy (non-hydrogen) atoms. The van der Waals surface area contributed by atoms with Gasteiger partial charge in [0.1, 0.15) is 16.1 Å². The minimum atomic E-state index is -0.838. The fourth-order valence-electron chi connectivity index (χ4n) is 0.868. The Kier molecular flexibility index (Phi) is 5.20. The van der Waals surface area contributed by atoms with E-state index in [9.17, 15) is 4.79 Å². The first kappa shape index (κ1) is 15.2. The molecule has 94 valence electrons. The van der Waals surface area contributed by atoms with Crippen LogP contribution in [0.4, 0.5) is 0 Å². The van der Waals surface area contributed by atoms with Crippen LogP contribution in [-0.4, -0.2) is 12.0 Å². The van der Waals surface area contributed by atoms with E-state index in [4.69, 9.17) is 68.5 Å². The van der Waals surface area contributed by atoms with E-state index in [1.807, 2.05) is 0 Å². The van der Waals surface area contributed by atoms with Gasteiger partial charge in [0.05, 0.1) is 15.1 Å². The van der Waals surface area contributed by atoms with Crippen molar-refractivity contribution in [2.45, 2.75) is 13.0 Å². The highest BCUT2D eigenvalue weighted by molar-refractivity contribution is 6.55. The standard InChI is InChI=1S/C9H6Cl5NO2/c1-2(15)9(16)17-8-6(13)4(11)3(10)5(12)7(8)14/h2H,15H2,1H3. The summed E-state index contributed by atoms with van der Waals surface area (Å²) in [6.45, 7) is 1.45. The summed E-state index contributed by atoms with van der Waals surface area (Å²) in [6.07, 6.45) is 0. The van der Waals surface area contributed by atoms with Crippen molar-refractivity contribution < 1.29 is 9.53 Å². The van der Waals surface area contributed by atoms with Crippen molar-refractivity contribution in [2.24, 2.45) is 5.73 Å². The van der Waals surface area contributed by atoms with Gasteiger partial charge >= 0.3 is 5.97 Å². The predicted octanol–water partition coefficient (Wildman–Crippen LogP) is 4.21. The molecule has 0 aliphatic heterocycles. The minimum absolute atomic E-state index is 0.0103. The van der Waals surface area contributed by atoms with Gasteiger partial charge in [0.2, 0.25) is 0 Å². The van der Waals surface area contributed by atoms with Crippen molar-refractivity contribution in [1.82, 2.24) is 0 Å². The number of benzene rings is 1. The third-order valence-electron chi connectivity index (χ3n) is 1.74. The van der Waals surface area contributed by atoms with Crippen molar-refractivity contribution in [3.8, 4) is 5.75 Å². The lowest BCUT2D eigenvalue weighted by Gasteiger charge is -2.13. The van der Waals surface area contributed by atoms with Gasteiger partial charge in [-0.1, -0.05) is 58.0 Å². The van der Waals surface area contributed by atoms with E-state index in [0.29, 0.717) is 0 Å². The second-order valence-corrected chi connectivity index (χ2v) is 5.00. The van der Waals surface area contributed by atoms with Crippen LogP contribution in [0.3, 0.4) is 0 Å². The molecule has 0 heterocycles. The third-order valence-corrected chi connectivity index (χ3v) is 3.99. The Hall–Kier alpha value is 0.1000. The van der Waals surface area contributed by atoms with Crippen molar-refractivity contribution in [3.05, 3.63) is 25.1 Å². The molecule has 1 unspecified atom stereocenters. The average molecular weight is 337 g/mol. The van der Waals surface area contributed by atoms with Gasteiger partial charge in [0, 0.05) is 0 Å². The Balaban J connectivity index is 3.30. The van der Waals surface area contributed by atoms with Crippen molar-refractivity contribution in [1.29, 1.82) is 0 Å². The lowest BCUT2D eigenvalue weighted by molar-refractivity contribution is -0.135. The van der Waals surface area contributed by atoms with Gasteiger partial charge in [-0.05, 0) is 6.92 Å². The number of ether oxygens (including phenoxy) is 1. The molecule has 3 nitrogen and oxygen atoms in total. The summed E-state index contributed by atoms with van der Waals surface area (Å²) in [6, 6.07) is -0.838. The summed E-state index contributed by atoms with van der Waals surface area (Å²) in [5.74, 6) is -0.877. The lowest BCUT2D eigenvalue weighted by Crippen LogP contribution is -2.31. The largest absolute Gasteiger partial charge is 0.422 e. The van der Waals surface area contributed by atoms with Gasteiger partial charge in [0.25, 0.3) is 0 Å². The molecule has 0 radical (unpaired) electrons. The molecule has 8 heteroatoms. The molecule has 0 saturated heterocycles. The van der Waals surface area contributed by atoms with Crippen LogP contribution < -0.4 is 10.5 Å². The summed E-state index contributed by atoms with van der Waals surface area (Å²) in [4.78, 5) is 11.3. The van der Waals surface area contributed by atoms with Gasteiger partial charge < -0.3 is 10.5 Å². The Morgan fingerprint density at radius 2 is 1.35 bits per heavy atom. The summed E-state index contributed by atoms with van der Waals surface area (Å²) >= 11 is 29.0. The molecular weight excluding hydrogens is 331 g/mol. The van der Waals surface area contributed by atoms with Crippen LogP contribution in [0.1, 0.15) is 6.92 Å². The predicted molar refractivity (Wildman–Crippen MR) is 70.8 cm³/mol. The van der Waals surface area contributed by atoms with Crippen molar-refractivity contribution in [3.63, 3.8) is 0 Å². The first-order valence-electron chi connectivity index (χ1n) is 4.26. The monoisotopic (exact) mass is 335 g/mol. The highest BCUT2D eigenvalue weighted by atomic mass is 35.5. The maximum absolute atomic E-state index is 11.3. The number of hydrogen-bond acceptors (Lipinski definition) is 3. The number of nitrogens with two attached hydrogens (primary N) is 1. The Morgan fingerprint density at radius 1 is 1.00 bits per heavy atom. The van der Waals surface area contributed by atoms with Crippen LogP contribution in [0, 0.1) is 0 Å². The van der Waals surface area contributed by atoms with Crippen LogP contribution in [0.25, 0.3) is 0 Å². The molecule has 0 aliphatic carbocycles. The number of halogens is 5. The second kappa shape index (κ2) is 5.83. The van der Waals surface area contributed by atoms with Crippen LogP contribution in [0.15, 0.2) is 0 Å². The molecule has 0 spiro atoms. The van der Waals surface area contributed by atoms with E-state index in [2.05, 4.69) is 0 Å². The number of carbonyl (C=O) groups is 1. The topological polar surface area (TPSA) is 52.3 Å². The van der Waals surface area contributed by atoms with E-state index in [1.54, 1.807) is 0 Å². The maximum atomic E-state index is 11.3. The number of esters is 1. The molecule has 2 N–H and O–H groups in total. The van der Waals surface area contributed by atoms with E-state index in [0.717, 1.165) is 0 Å². The second-order valence-electron chi connectivity index (χ2n) is 3.11. The van der Waals surface area contributed by atoms with E-state index in [1.165, 1.54) is 6.92 Å². The van der Waals surface area contributed by atoms with Gasteiger partial charge in [-0.15, -0.1) is 0 Å². The fraction of sp³-hybridized carbons (Fsp3) is 0.222. The normalized spacial score (nSPS) is 12.4. The lowest BCUT2D eigenvalue weighted by atomic mass is 10.3. The molecule has 1 aromatic rings. The summed E-state index contributed by atoms with van der Waals surface area (Å²) in [5, 5.41) is -0.297. The molecule has 1 aromatic carbocycles. The summed E-state index contributed by atoms with van der Waals surface area (Å²) in [7, 11) is 0. The maximum Gasteiger partial charge on any atom is 0.328 e. The van der Waals surface area contributed by atoms with Crippen LogP contribution in [0.2, 0.25) is 25.1 Å². The van der Waals surface area contributed by atoms with Crippen LogP contribution >= 0.6 is 58.0 Å². The molecule has 0 aliphatic rings. The van der Waals surface area contributed by atoms with Crippen LogP contribution in [-0.2, 0) is 4.79 Å². The Morgan fingerprint density at radius 3 is 1.71 bits per heavy atom. The molecule has 0 amide bonds. The van der Waals surface area contributed by atoms with Gasteiger partial charge in [-0.2, -0.15) is 0 Å². The molecule has 1 atom stereocenters. The van der Waals surface area contributed by atoms with Crippen LogP contribution in [0.5, 0.6) is 5.75 Å². The zero-order valence-electron chi connectivity index (χ0n) is 8.36. The summed E-state index contributed by atoms with van der Waals surface area (Å²) < 4.78 is 4.90. The zero-order chi connectivity index (χ0) is 13.3. The van der Waals surface area contributed by atoms with Gasteiger partial charge in [-0.25, -0.2) is 4.79 Å². The molecule has 0 bridgehead atoms. The smallest absolute Gasteiger partial charge is 0.328 e. The molecule has 0 saturated carbocycles. The van der Waals surface area contributed by atoms with E-state index in [-0.39, 0.29) is 30.9 Å². The Bertz CT molecular complexity index is 446. The fourth-order valence-corrected chi connectivity index (χ4v) is 2.07. The minimum Gasteiger partial charge on any atom is -0.422 e. The quantitative estimate of drug-likeness (QED) is 0.381.